The fourth-order valence-corrected chi connectivity index (χ4v) is 9.27. The standard InChI is InChI=1S/C66H120O6/c1-4-7-10-13-15-17-19-21-23-25-26-27-28-29-30-31-32-33-34-35-36-37-38-39-40-41-43-44-46-48-50-53-56-59-65(68)71-62-63(61-70-64(67)58-55-52-12-9-6-3)72-66(69)60-57-54-51-49-47-45-42-24-22-20-18-16-14-11-8-5-2/h19,21,24-26,28-29,42,63H,4-18,20,22-23,27,30-41,43-62H2,1-3H3/b21-19-,26-25-,29-28-,42-24-. The lowest BCUT2D eigenvalue weighted by molar-refractivity contribution is -0.167. The Hall–Kier alpha value is -2.63. The van der Waals surface area contributed by atoms with Crippen molar-refractivity contribution in [1.29, 1.82) is 0 Å². The van der Waals surface area contributed by atoms with E-state index in [0.717, 1.165) is 83.5 Å². The molecule has 0 aromatic rings. The first-order valence-corrected chi connectivity index (χ1v) is 31.6. The maximum atomic E-state index is 12.8. The Morgan fingerprint density at radius 2 is 0.500 bits per heavy atom. The van der Waals surface area contributed by atoms with Crippen LogP contribution >= 0.6 is 0 Å². The quantitative estimate of drug-likeness (QED) is 0.0261. The van der Waals surface area contributed by atoms with Crippen LogP contribution in [0.15, 0.2) is 48.6 Å². The third-order valence-electron chi connectivity index (χ3n) is 14.1. The maximum absolute atomic E-state index is 12.8. The van der Waals surface area contributed by atoms with Crippen molar-refractivity contribution in [3.8, 4) is 0 Å². The van der Waals surface area contributed by atoms with Crippen LogP contribution in [0.3, 0.4) is 0 Å². The van der Waals surface area contributed by atoms with E-state index in [1.54, 1.807) is 0 Å². The average Bonchev–Trinajstić information content (AvgIpc) is 3.38. The molecule has 0 radical (unpaired) electrons. The Bertz CT molecular complexity index is 1250. The summed E-state index contributed by atoms with van der Waals surface area (Å²) in [6.45, 7) is 6.57. The van der Waals surface area contributed by atoms with Gasteiger partial charge in [-0.3, -0.25) is 14.4 Å². The van der Waals surface area contributed by atoms with Crippen LogP contribution in [-0.2, 0) is 28.6 Å². The first-order chi connectivity index (χ1) is 35.5. The highest BCUT2D eigenvalue weighted by molar-refractivity contribution is 5.71. The van der Waals surface area contributed by atoms with E-state index in [2.05, 4.69) is 69.4 Å². The molecule has 0 aliphatic carbocycles. The summed E-state index contributed by atoms with van der Waals surface area (Å²) < 4.78 is 16.7. The third kappa shape index (κ3) is 58.3. The number of hydrogen-bond acceptors (Lipinski definition) is 6. The van der Waals surface area contributed by atoms with Crippen LogP contribution in [-0.4, -0.2) is 37.2 Å². The van der Waals surface area contributed by atoms with Crippen molar-refractivity contribution in [2.45, 2.75) is 341 Å². The molecule has 0 fully saturated rings. The van der Waals surface area contributed by atoms with Gasteiger partial charge in [-0.2, -0.15) is 0 Å². The molecular weight excluding hydrogens is 889 g/mol. The van der Waals surface area contributed by atoms with Crippen LogP contribution < -0.4 is 0 Å². The number of rotatable bonds is 58. The molecule has 6 heteroatoms. The molecule has 0 aromatic heterocycles. The minimum atomic E-state index is -0.771. The summed E-state index contributed by atoms with van der Waals surface area (Å²) in [6.07, 6.45) is 76.1. The molecule has 0 amide bonds. The van der Waals surface area contributed by atoms with E-state index in [1.165, 1.54) is 212 Å². The fourth-order valence-electron chi connectivity index (χ4n) is 9.27. The first kappa shape index (κ1) is 69.4. The summed E-state index contributed by atoms with van der Waals surface area (Å²) >= 11 is 0. The number of esters is 3. The van der Waals surface area contributed by atoms with E-state index in [4.69, 9.17) is 14.2 Å². The zero-order valence-corrected chi connectivity index (χ0v) is 48.2. The molecule has 0 aliphatic heterocycles. The van der Waals surface area contributed by atoms with Crippen molar-refractivity contribution in [3.63, 3.8) is 0 Å². The molecular formula is C66H120O6. The molecule has 0 rings (SSSR count). The van der Waals surface area contributed by atoms with Gasteiger partial charge in [0.15, 0.2) is 6.10 Å². The Morgan fingerprint density at radius 3 is 0.792 bits per heavy atom. The summed E-state index contributed by atoms with van der Waals surface area (Å²) in [4.78, 5) is 37.8. The summed E-state index contributed by atoms with van der Waals surface area (Å²) in [7, 11) is 0. The Morgan fingerprint density at radius 1 is 0.278 bits per heavy atom. The molecule has 72 heavy (non-hydrogen) atoms. The van der Waals surface area contributed by atoms with Crippen molar-refractivity contribution in [3.05, 3.63) is 48.6 Å². The highest BCUT2D eigenvalue weighted by Gasteiger charge is 2.19. The molecule has 0 aliphatic rings. The molecule has 0 saturated carbocycles. The number of allylic oxidation sites excluding steroid dienone is 8. The topological polar surface area (TPSA) is 78.9 Å². The minimum Gasteiger partial charge on any atom is -0.462 e. The number of carbonyl (C=O) groups is 3. The van der Waals surface area contributed by atoms with Crippen LogP contribution in [0, 0.1) is 0 Å². The van der Waals surface area contributed by atoms with Gasteiger partial charge in [0.25, 0.3) is 0 Å². The van der Waals surface area contributed by atoms with Gasteiger partial charge in [-0.15, -0.1) is 0 Å². The molecule has 0 heterocycles. The van der Waals surface area contributed by atoms with E-state index in [-0.39, 0.29) is 31.1 Å². The van der Waals surface area contributed by atoms with Crippen molar-refractivity contribution >= 4 is 17.9 Å². The van der Waals surface area contributed by atoms with Gasteiger partial charge in [-0.25, -0.2) is 0 Å². The molecule has 0 spiro atoms. The SMILES string of the molecule is CCCCCCC/C=C\C/C=C\C/C=C\CCCCCCCCCCCCCCCCCCCCC(=O)OCC(COC(=O)CCCCCCC)OC(=O)CCCCCCC/C=C\CCCCCCCCC. The molecule has 0 bridgehead atoms. The highest BCUT2D eigenvalue weighted by Crippen LogP contribution is 2.17. The molecule has 420 valence electrons. The second-order valence-electron chi connectivity index (χ2n) is 21.3. The summed E-state index contributed by atoms with van der Waals surface area (Å²) in [5.74, 6) is -0.880. The number of hydrogen-bond donors (Lipinski definition) is 0. The monoisotopic (exact) mass is 1010 g/mol. The smallest absolute Gasteiger partial charge is 0.306 e. The molecule has 6 nitrogen and oxygen atoms in total. The van der Waals surface area contributed by atoms with Gasteiger partial charge in [0.2, 0.25) is 0 Å². The van der Waals surface area contributed by atoms with Gasteiger partial charge in [0.05, 0.1) is 0 Å². The number of carbonyl (C=O) groups excluding carboxylic acids is 3. The number of unbranched alkanes of at least 4 members (excludes halogenated alkanes) is 39. The van der Waals surface area contributed by atoms with Gasteiger partial charge in [-0.05, 0) is 83.5 Å². The van der Waals surface area contributed by atoms with E-state index >= 15 is 0 Å². The minimum absolute atomic E-state index is 0.0730. The van der Waals surface area contributed by atoms with E-state index in [9.17, 15) is 14.4 Å². The van der Waals surface area contributed by atoms with Crippen LogP contribution in [0.4, 0.5) is 0 Å². The van der Waals surface area contributed by atoms with E-state index in [1.807, 2.05) is 0 Å². The van der Waals surface area contributed by atoms with Gasteiger partial charge < -0.3 is 14.2 Å². The summed E-state index contributed by atoms with van der Waals surface area (Å²) in [5, 5.41) is 0. The highest BCUT2D eigenvalue weighted by atomic mass is 16.6. The summed E-state index contributed by atoms with van der Waals surface area (Å²) in [6, 6.07) is 0. The largest absolute Gasteiger partial charge is 0.462 e. The molecule has 0 saturated heterocycles. The van der Waals surface area contributed by atoms with Crippen LogP contribution in [0.1, 0.15) is 335 Å². The van der Waals surface area contributed by atoms with Crippen LogP contribution in [0.2, 0.25) is 0 Å². The lowest BCUT2D eigenvalue weighted by Gasteiger charge is -2.18. The molecule has 0 N–H and O–H groups in total. The first-order valence-electron chi connectivity index (χ1n) is 31.6. The van der Waals surface area contributed by atoms with Crippen molar-refractivity contribution in [2.24, 2.45) is 0 Å². The fraction of sp³-hybridized carbons (Fsp3) is 0.833. The second-order valence-corrected chi connectivity index (χ2v) is 21.3. The van der Waals surface area contributed by atoms with Crippen molar-refractivity contribution < 1.29 is 28.6 Å². The van der Waals surface area contributed by atoms with E-state index < -0.39 is 6.10 Å². The van der Waals surface area contributed by atoms with Gasteiger partial charge in [0.1, 0.15) is 13.2 Å². The predicted molar refractivity (Wildman–Crippen MR) is 312 cm³/mol. The molecule has 1 atom stereocenters. The molecule has 1 unspecified atom stereocenters. The Kier molecular flexibility index (Phi) is 58.7. The number of ether oxygens (including phenoxy) is 3. The average molecular weight is 1010 g/mol. The zero-order valence-electron chi connectivity index (χ0n) is 48.2. The van der Waals surface area contributed by atoms with Crippen LogP contribution in [0.5, 0.6) is 0 Å². The normalized spacial score (nSPS) is 12.3. The lowest BCUT2D eigenvalue weighted by atomic mass is 10.0. The third-order valence-corrected chi connectivity index (χ3v) is 14.1. The predicted octanol–water partition coefficient (Wildman–Crippen LogP) is 21.4. The van der Waals surface area contributed by atoms with Crippen LogP contribution in [0.25, 0.3) is 0 Å². The lowest BCUT2D eigenvalue weighted by Crippen LogP contribution is -2.30. The van der Waals surface area contributed by atoms with Crippen molar-refractivity contribution in [2.75, 3.05) is 13.2 Å². The van der Waals surface area contributed by atoms with E-state index in [0.29, 0.717) is 19.3 Å². The maximum Gasteiger partial charge on any atom is 0.306 e. The van der Waals surface area contributed by atoms with Crippen molar-refractivity contribution in [1.82, 2.24) is 0 Å². The van der Waals surface area contributed by atoms with Gasteiger partial charge in [-0.1, -0.05) is 281 Å². The summed E-state index contributed by atoms with van der Waals surface area (Å²) in [5.41, 5.74) is 0. The second kappa shape index (κ2) is 60.9. The zero-order chi connectivity index (χ0) is 52.2. The molecule has 0 aromatic carbocycles. The van der Waals surface area contributed by atoms with Gasteiger partial charge >= 0.3 is 17.9 Å². The Balaban J connectivity index is 3.92. The van der Waals surface area contributed by atoms with Gasteiger partial charge in [0, 0.05) is 19.3 Å². The Labute approximate surface area is 448 Å².